The Hall–Kier alpha value is -2.66. The van der Waals surface area contributed by atoms with Crippen LogP contribution in [0, 0.1) is 11.3 Å². The lowest BCUT2D eigenvalue weighted by Gasteiger charge is -2.45. The van der Waals surface area contributed by atoms with Crippen LogP contribution in [0.15, 0.2) is 54.6 Å². The summed E-state index contributed by atoms with van der Waals surface area (Å²) in [6.07, 6.45) is 0.0919. The minimum Gasteiger partial charge on any atom is -0.339 e. The molecule has 4 unspecified atom stereocenters. The summed E-state index contributed by atoms with van der Waals surface area (Å²) in [5.41, 5.74) is 2.24. The van der Waals surface area contributed by atoms with Crippen LogP contribution >= 0.6 is 11.6 Å². The average Bonchev–Trinajstić information content (AvgIpc) is 2.96. The van der Waals surface area contributed by atoms with Gasteiger partial charge in [-0.15, -0.1) is 0 Å². The first-order valence-electron chi connectivity index (χ1n) is 8.81. The van der Waals surface area contributed by atoms with Crippen LogP contribution in [0.1, 0.15) is 36.3 Å². The zero-order valence-electron chi connectivity index (χ0n) is 14.6. The summed E-state index contributed by atoms with van der Waals surface area (Å²) in [6.45, 7) is 1.78. The molecule has 2 fully saturated rings. The summed E-state index contributed by atoms with van der Waals surface area (Å²) in [4.78, 5) is 43.9. The molecular formula is C21H18ClNO4. The molecule has 1 amide bonds. The number of hydrogen-bond donors (Lipinski definition) is 1. The zero-order valence-corrected chi connectivity index (χ0v) is 15.4. The Bertz CT molecular complexity index is 894. The van der Waals surface area contributed by atoms with Gasteiger partial charge in [0.2, 0.25) is 0 Å². The lowest BCUT2D eigenvalue weighted by Crippen LogP contribution is -2.53. The molecule has 0 aromatic heterocycles. The van der Waals surface area contributed by atoms with Gasteiger partial charge < -0.3 is 4.84 Å². The third-order valence-electron chi connectivity index (χ3n) is 5.83. The Labute approximate surface area is 161 Å². The Balaban J connectivity index is 1.96. The molecule has 1 heterocycles. The summed E-state index contributed by atoms with van der Waals surface area (Å²) in [7, 11) is 0. The molecule has 1 N–H and O–H groups in total. The number of carbonyl (C=O) groups is 3. The van der Waals surface area contributed by atoms with Gasteiger partial charge in [-0.1, -0.05) is 61.0 Å². The molecule has 4 rings (SSSR count). The highest BCUT2D eigenvalue weighted by Gasteiger charge is 2.67. The molecule has 5 nitrogen and oxygen atoms in total. The van der Waals surface area contributed by atoms with Crippen LogP contribution in [0.4, 0.5) is 0 Å². The zero-order chi connectivity index (χ0) is 19.2. The van der Waals surface area contributed by atoms with Gasteiger partial charge in [0.15, 0.2) is 5.41 Å². The van der Waals surface area contributed by atoms with Crippen molar-refractivity contribution in [1.82, 2.24) is 5.48 Å². The second-order valence-corrected chi connectivity index (χ2v) is 7.58. The van der Waals surface area contributed by atoms with Crippen molar-refractivity contribution < 1.29 is 19.2 Å². The van der Waals surface area contributed by atoms with Crippen molar-refractivity contribution in [3.8, 4) is 0 Å². The van der Waals surface area contributed by atoms with Gasteiger partial charge in [0.25, 0.3) is 5.91 Å². The maximum absolute atomic E-state index is 13.1. The maximum atomic E-state index is 13.1. The number of benzene rings is 2. The van der Waals surface area contributed by atoms with Crippen LogP contribution in [0.5, 0.6) is 0 Å². The largest absolute Gasteiger partial charge is 0.349 e. The molecule has 1 spiro atoms. The highest BCUT2D eigenvalue weighted by molar-refractivity contribution is 6.30. The minimum absolute atomic E-state index is 0.0157. The molecule has 1 aliphatic heterocycles. The number of halogens is 1. The first-order valence-corrected chi connectivity index (χ1v) is 9.19. The SMILES string of the molecule is CC1C(=O)CC(c2ccc(Cl)cc2)C2(C(=O)NOC2=O)C1c1ccccc1. The molecule has 1 saturated heterocycles. The van der Waals surface area contributed by atoms with E-state index < -0.39 is 35.0 Å². The molecule has 2 aromatic rings. The van der Waals surface area contributed by atoms with Crippen molar-refractivity contribution >= 4 is 29.3 Å². The smallest absolute Gasteiger partial charge is 0.339 e. The van der Waals surface area contributed by atoms with Crippen LogP contribution in [0.25, 0.3) is 0 Å². The van der Waals surface area contributed by atoms with E-state index in [0.29, 0.717) is 5.02 Å². The topological polar surface area (TPSA) is 72.5 Å². The van der Waals surface area contributed by atoms with Gasteiger partial charge in [-0.05, 0) is 23.3 Å². The Morgan fingerprint density at radius 2 is 1.67 bits per heavy atom. The third kappa shape index (κ3) is 2.57. The fraction of sp³-hybridized carbons (Fsp3) is 0.286. The van der Waals surface area contributed by atoms with Crippen molar-refractivity contribution in [2.24, 2.45) is 11.3 Å². The standard InChI is InChI=1S/C21H18ClNO4/c1-12-17(24)11-16(13-7-9-15(22)10-8-13)21(19(25)23-27-20(21)26)18(12)14-5-3-2-4-6-14/h2-10,12,16,18H,11H2,1H3,(H,23,25). The number of hydroxylamine groups is 1. The van der Waals surface area contributed by atoms with Crippen LogP contribution < -0.4 is 5.48 Å². The highest BCUT2D eigenvalue weighted by atomic mass is 35.5. The quantitative estimate of drug-likeness (QED) is 0.807. The van der Waals surface area contributed by atoms with E-state index in [4.69, 9.17) is 16.4 Å². The van der Waals surface area contributed by atoms with Gasteiger partial charge in [-0.25, -0.2) is 4.79 Å². The van der Waals surface area contributed by atoms with Crippen LogP contribution in [-0.4, -0.2) is 17.7 Å². The van der Waals surface area contributed by atoms with E-state index in [1.165, 1.54) is 0 Å². The van der Waals surface area contributed by atoms with Gasteiger partial charge in [-0.2, -0.15) is 5.48 Å². The van der Waals surface area contributed by atoms with E-state index in [2.05, 4.69) is 5.48 Å². The van der Waals surface area contributed by atoms with Crippen molar-refractivity contribution in [3.05, 3.63) is 70.7 Å². The molecule has 2 aromatic carbocycles. The summed E-state index contributed by atoms with van der Waals surface area (Å²) in [5.74, 6) is -2.86. The first-order chi connectivity index (χ1) is 13.0. The molecule has 1 saturated carbocycles. The predicted molar refractivity (Wildman–Crippen MR) is 98.8 cm³/mol. The number of carbonyl (C=O) groups excluding carboxylic acids is 3. The lowest BCUT2D eigenvalue weighted by molar-refractivity contribution is -0.156. The van der Waals surface area contributed by atoms with Crippen molar-refractivity contribution in [2.45, 2.75) is 25.2 Å². The fourth-order valence-electron chi connectivity index (χ4n) is 4.56. The average molecular weight is 384 g/mol. The number of ketones is 1. The molecule has 0 radical (unpaired) electrons. The number of Topliss-reactive ketones (excluding diaryl/α,β-unsaturated/α-hetero) is 1. The second kappa shape index (κ2) is 6.50. The monoisotopic (exact) mass is 383 g/mol. The lowest BCUT2D eigenvalue weighted by atomic mass is 9.53. The molecule has 2 aliphatic rings. The molecular weight excluding hydrogens is 366 g/mol. The van der Waals surface area contributed by atoms with Crippen LogP contribution in [0.2, 0.25) is 5.02 Å². The van der Waals surface area contributed by atoms with Gasteiger partial charge in [-0.3, -0.25) is 9.59 Å². The molecule has 0 bridgehead atoms. The first kappa shape index (κ1) is 17.7. The summed E-state index contributed by atoms with van der Waals surface area (Å²) < 4.78 is 0. The van der Waals surface area contributed by atoms with Crippen LogP contribution in [0.3, 0.4) is 0 Å². The van der Waals surface area contributed by atoms with Gasteiger partial charge in [0, 0.05) is 29.2 Å². The van der Waals surface area contributed by atoms with Gasteiger partial charge in [0.05, 0.1) is 0 Å². The van der Waals surface area contributed by atoms with Crippen molar-refractivity contribution in [3.63, 3.8) is 0 Å². The Morgan fingerprint density at radius 1 is 1.00 bits per heavy atom. The van der Waals surface area contributed by atoms with Crippen molar-refractivity contribution in [1.29, 1.82) is 0 Å². The summed E-state index contributed by atoms with van der Waals surface area (Å²) in [5, 5.41) is 0.543. The maximum Gasteiger partial charge on any atom is 0.349 e. The Morgan fingerprint density at radius 3 is 2.26 bits per heavy atom. The van der Waals surface area contributed by atoms with E-state index >= 15 is 0 Å². The van der Waals surface area contributed by atoms with E-state index in [0.717, 1.165) is 11.1 Å². The number of hydrogen-bond acceptors (Lipinski definition) is 4. The minimum atomic E-state index is -1.50. The molecule has 138 valence electrons. The molecule has 1 aliphatic carbocycles. The normalized spacial score (nSPS) is 30.3. The number of rotatable bonds is 2. The van der Waals surface area contributed by atoms with Gasteiger partial charge >= 0.3 is 5.97 Å². The number of nitrogens with one attached hydrogen (secondary N) is 1. The predicted octanol–water partition coefficient (Wildman–Crippen LogP) is 3.39. The third-order valence-corrected chi connectivity index (χ3v) is 6.09. The summed E-state index contributed by atoms with van der Waals surface area (Å²) in [6, 6.07) is 16.1. The Kier molecular flexibility index (Phi) is 4.27. The molecule has 6 heteroatoms. The van der Waals surface area contributed by atoms with Crippen LogP contribution in [-0.2, 0) is 19.2 Å². The van der Waals surface area contributed by atoms with E-state index in [-0.39, 0.29) is 12.2 Å². The highest BCUT2D eigenvalue weighted by Crippen LogP contribution is 2.58. The van der Waals surface area contributed by atoms with Gasteiger partial charge in [0.1, 0.15) is 5.78 Å². The molecule has 4 atom stereocenters. The van der Waals surface area contributed by atoms with E-state index in [9.17, 15) is 14.4 Å². The summed E-state index contributed by atoms with van der Waals surface area (Å²) >= 11 is 6.00. The van der Waals surface area contributed by atoms with E-state index in [1.807, 2.05) is 30.3 Å². The second-order valence-electron chi connectivity index (χ2n) is 7.14. The molecule has 27 heavy (non-hydrogen) atoms. The fourth-order valence-corrected chi connectivity index (χ4v) is 4.68. The number of amides is 1. The van der Waals surface area contributed by atoms with Crippen molar-refractivity contribution in [2.75, 3.05) is 0 Å². The van der Waals surface area contributed by atoms with E-state index in [1.54, 1.807) is 31.2 Å².